The predicted molar refractivity (Wildman–Crippen MR) is 67.5 cm³/mol. The summed E-state index contributed by atoms with van der Waals surface area (Å²) < 4.78 is 11.9. The Hall–Kier alpha value is -2.23. The number of aromatic nitrogens is 1. The molecule has 0 saturated heterocycles. The van der Waals surface area contributed by atoms with Gasteiger partial charge in [-0.05, 0) is 24.3 Å². The van der Waals surface area contributed by atoms with Gasteiger partial charge < -0.3 is 13.7 Å². The molecule has 0 aliphatic rings. The third kappa shape index (κ3) is 2.37. The Morgan fingerprint density at radius 3 is 2.94 bits per heavy atom. The number of methoxy groups -OCH3 is 1. The minimum absolute atomic E-state index is 0.345. The summed E-state index contributed by atoms with van der Waals surface area (Å²) in [6.07, 6.45) is 4.02. The minimum Gasteiger partial charge on any atom is -0.469 e. The SMILES string of the molecule is C=CCn1c(Cc2ccco2)ccc1C(=O)OC. The molecule has 0 N–H and O–H groups in total. The highest BCUT2D eigenvalue weighted by atomic mass is 16.5. The molecule has 2 rings (SSSR count). The molecule has 0 atom stereocenters. The lowest BCUT2D eigenvalue weighted by Gasteiger charge is -2.09. The summed E-state index contributed by atoms with van der Waals surface area (Å²) >= 11 is 0. The van der Waals surface area contributed by atoms with Gasteiger partial charge in [0.2, 0.25) is 0 Å². The highest BCUT2D eigenvalue weighted by Gasteiger charge is 2.15. The van der Waals surface area contributed by atoms with Gasteiger partial charge in [-0.2, -0.15) is 0 Å². The van der Waals surface area contributed by atoms with Gasteiger partial charge in [-0.25, -0.2) is 4.79 Å². The van der Waals surface area contributed by atoms with Gasteiger partial charge >= 0.3 is 5.97 Å². The van der Waals surface area contributed by atoms with Gasteiger partial charge in [-0.1, -0.05) is 6.08 Å². The van der Waals surface area contributed by atoms with Crippen molar-refractivity contribution in [2.45, 2.75) is 13.0 Å². The first-order valence-corrected chi connectivity index (χ1v) is 5.66. The number of rotatable bonds is 5. The van der Waals surface area contributed by atoms with Crippen molar-refractivity contribution in [3.05, 3.63) is 60.3 Å². The normalized spacial score (nSPS) is 10.3. The Morgan fingerprint density at radius 2 is 2.33 bits per heavy atom. The van der Waals surface area contributed by atoms with Crippen LogP contribution in [0.15, 0.2) is 47.6 Å². The van der Waals surface area contributed by atoms with Crippen LogP contribution in [0.1, 0.15) is 21.9 Å². The lowest BCUT2D eigenvalue weighted by molar-refractivity contribution is 0.0588. The van der Waals surface area contributed by atoms with Crippen molar-refractivity contribution in [3.63, 3.8) is 0 Å². The summed E-state index contributed by atoms with van der Waals surface area (Å²) in [5, 5.41) is 0. The lowest BCUT2D eigenvalue weighted by Crippen LogP contribution is -2.12. The van der Waals surface area contributed by atoms with Crippen molar-refractivity contribution in [1.82, 2.24) is 4.57 Å². The maximum Gasteiger partial charge on any atom is 0.354 e. The van der Waals surface area contributed by atoms with Gasteiger partial charge in [0.1, 0.15) is 11.5 Å². The van der Waals surface area contributed by atoms with Crippen LogP contribution in [0.3, 0.4) is 0 Å². The van der Waals surface area contributed by atoms with E-state index in [0.717, 1.165) is 11.5 Å². The second-order valence-corrected chi connectivity index (χ2v) is 3.86. The van der Waals surface area contributed by atoms with Crippen LogP contribution in [-0.4, -0.2) is 17.6 Å². The third-order valence-electron chi connectivity index (χ3n) is 2.71. The van der Waals surface area contributed by atoms with E-state index in [-0.39, 0.29) is 5.97 Å². The van der Waals surface area contributed by atoms with E-state index in [4.69, 9.17) is 9.15 Å². The molecule has 0 amide bonds. The van der Waals surface area contributed by atoms with Gasteiger partial charge in [-0.15, -0.1) is 6.58 Å². The van der Waals surface area contributed by atoms with Gasteiger partial charge in [0.25, 0.3) is 0 Å². The maximum atomic E-state index is 11.6. The average molecular weight is 245 g/mol. The van der Waals surface area contributed by atoms with Crippen molar-refractivity contribution in [2.24, 2.45) is 0 Å². The zero-order valence-corrected chi connectivity index (χ0v) is 10.3. The first kappa shape index (κ1) is 12.2. The van der Waals surface area contributed by atoms with E-state index < -0.39 is 0 Å². The number of carbonyl (C=O) groups is 1. The van der Waals surface area contributed by atoms with Crippen molar-refractivity contribution in [1.29, 1.82) is 0 Å². The molecule has 0 aliphatic carbocycles. The molecule has 2 heterocycles. The molecule has 2 aromatic heterocycles. The standard InChI is InChI=1S/C14H15NO3/c1-3-8-15-11(10-12-5-4-9-18-12)6-7-13(15)14(16)17-2/h3-7,9H,1,8,10H2,2H3. The fraction of sp³-hybridized carbons (Fsp3) is 0.214. The smallest absolute Gasteiger partial charge is 0.354 e. The number of nitrogens with zero attached hydrogens (tertiary/aromatic N) is 1. The van der Waals surface area contributed by atoms with E-state index in [9.17, 15) is 4.79 Å². The molecular formula is C14H15NO3. The summed E-state index contributed by atoms with van der Waals surface area (Å²) in [7, 11) is 1.37. The zero-order chi connectivity index (χ0) is 13.0. The molecule has 0 radical (unpaired) electrons. The van der Waals surface area contributed by atoms with Crippen molar-refractivity contribution < 1.29 is 13.9 Å². The summed E-state index contributed by atoms with van der Waals surface area (Å²) in [4.78, 5) is 11.6. The van der Waals surface area contributed by atoms with Crippen molar-refractivity contribution >= 4 is 5.97 Å². The van der Waals surface area contributed by atoms with Crippen LogP contribution < -0.4 is 0 Å². The molecule has 0 fully saturated rings. The first-order chi connectivity index (χ1) is 8.76. The quantitative estimate of drug-likeness (QED) is 0.601. The number of esters is 1. The molecule has 4 heteroatoms. The van der Waals surface area contributed by atoms with Crippen LogP contribution in [0.5, 0.6) is 0 Å². The van der Waals surface area contributed by atoms with E-state index in [2.05, 4.69) is 6.58 Å². The number of allylic oxidation sites excluding steroid dienone is 1. The fourth-order valence-corrected chi connectivity index (χ4v) is 1.88. The highest BCUT2D eigenvalue weighted by Crippen LogP contribution is 2.15. The summed E-state index contributed by atoms with van der Waals surface area (Å²) in [5.41, 5.74) is 1.52. The molecule has 18 heavy (non-hydrogen) atoms. The number of carbonyl (C=O) groups excluding carboxylic acids is 1. The Kier molecular flexibility index (Phi) is 3.67. The van der Waals surface area contributed by atoms with E-state index in [1.54, 1.807) is 18.4 Å². The lowest BCUT2D eigenvalue weighted by atomic mass is 10.2. The molecule has 2 aromatic rings. The summed E-state index contributed by atoms with van der Waals surface area (Å²) in [6.45, 7) is 4.27. The van der Waals surface area contributed by atoms with E-state index in [1.807, 2.05) is 22.8 Å². The molecule has 94 valence electrons. The zero-order valence-electron chi connectivity index (χ0n) is 10.3. The third-order valence-corrected chi connectivity index (χ3v) is 2.71. The summed E-state index contributed by atoms with van der Waals surface area (Å²) in [5.74, 6) is 0.511. The number of ether oxygens (including phenoxy) is 1. The number of hydrogen-bond acceptors (Lipinski definition) is 3. The molecular weight excluding hydrogens is 230 g/mol. The van der Waals surface area contributed by atoms with E-state index in [0.29, 0.717) is 18.7 Å². The van der Waals surface area contributed by atoms with Gasteiger partial charge in [0.05, 0.1) is 13.4 Å². The second-order valence-electron chi connectivity index (χ2n) is 3.86. The minimum atomic E-state index is -0.345. The van der Waals surface area contributed by atoms with Crippen molar-refractivity contribution in [2.75, 3.05) is 7.11 Å². The molecule has 0 spiro atoms. The monoisotopic (exact) mass is 245 g/mol. The van der Waals surface area contributed by atoms with Crippen LogP contribution in [0.25, 0.3) is 0 Å². The highest BCUT2D eigenvalue weighted by molar-refractivity contribution is 5.87. The first-order valence-electron chi connectivity index (χ1n) is 5.66. The van der Waals surface area contributed by atoms with E-state index >= 15 is 0 Å². The second kappa shape index (κ2) is 5.40. The van der Waals surface area contributed by atoms with Gasteiger partial charge in [0, 0.05) is 18.7 Å². The Balaban J connectivity index is 2.32. The molecule has 0 saturated carbocycles. The molecule has 0 bridgehead atoms. The summed E-state index contributed by atoms with van der Waals surface area (Å²) in [6, 6.07) is 7.41. The largest absolute Gasteiger partial charge is 0.469 e. The average Bonchev–Trinajstić information content (AvgIpc) is 3.01. The topological polar surface area (TPSA) is 44.4 Å². The Bertz CT molecular complexity index is 537. The number of furan rings is 1. The Labute approximate surface area is 105 Å². The van der Waals surface area contributed by atoms with Crippen LogP contribution in [-0.2, 0) is 17.7 Å². The predicted octanol–water partition coefficient (Wildman–Crippen LogP) is 2.64. The van der Waals surface area contributed by atoms with E-state index in [1.165, 1.54) is 7.11 Å². The molecule has 0 unspecified atom stereocenters. The molecule has 0 aliphatic heterocycles. The van der Waals surface area contributed by atoms with Crippen LogP contribution in [0.2, 0.25) is 0 Å². The maximum absolute atomic E-state index is 11.6. The van der Waals surface area contributed by atoms with Crippen molar-refractivity contribution in [3.8, 4) is 0 Å². The van der Waals surface area contributed by atoms with Gasteiger partial charge in [-0.3, -0.25) is 0 Å². The van der Waals surface area contributed by atoms with Crippen LogP contribution in [0, 0.1) is 0 Å². The molecule has 0 aromatic carbocycles. The van der Waals surface area contributed by atoms with Crippen LogP contribution in [0.4, 0.5) is 0 Å². The molecule has 4 nitrogen and oxygen atoms in total. The fourth-order valence-electron chi connectivity index (χ4n) is 1.88. The Morgan fingerprint density at radius 1 is 1.50 bits per heavy atom. The van der Waals surface area contributed by atoms with Gasteiger partial charge in [0.15, 0.2) is 0 Å². The van der Waals surface area contributed by atoms with Crippen LogP contribution >= 0.6 is 0 Å². The number of hydrogen-bond donors (Lipinski definition) is 0.